The van der Waals surface area contributed by atoms with Crippen LogP contribution in [0.4, 0.5) is 0 Å². The molecule has 2 rings (SSSR count). The van der Waals surface area contributed by atoms with Gasteiger partial charge in [0.15, 0.2) is 0 Å². The fourth-order valence-corrected chi connectivity index (χ4v) is 2.00. The number of aliphatic hydroxyl groups excluding tert-OH is 2. The molecule has 0 bridgehead atoms. The van der Waals surface area contributed by atoms with Gasteiger partial charge in [-0.1, -0.05) is 24.3 Å². The second kappa shape index (κ2) is 6.97. The van der Waals surface area contributed by atoms with E-state index in [0.29, 0.717) is 5.56 Å². The summed E-state index contributed by atoms with van der Waals surface area (Å²) in [6.45, 7) is 1.38. The monoisotopic (exact) mass is 286 g/mol. The lowest BCUT2D eigenvalue weighted by Gasteiger charge is -2.18. The van der Waals surface area contributed by atoms with Crippen LogP contribution in [0, 0.1) is 0 Å². The van der Waals surface area contributed by atoms with Gasteiger partial charge in [0.2, 0.25) is 5.91 Å². The Labute approximate surface area is 123 Å². The van der Waals surface area contributed by atoms with Crippen LogP contribution in [0.3, 0.4) is 0 Å². The molecular formula is C16H18N2O3. The smallest absolute Gasteiger partial charge is 0.216 e. The number of hydrogen-bond donors (Lipinski definition) is 3. The molecule has 0 aliphatic rings. The van der Waals surface area contributed by atoms with Gasteiger partial charge in [-0.15, -0.1) is 0 Å². The number of rotatable bonds is 5. The number of carbonyl (C=O) groups excluding carboxylic acids is 1. The van der Waals surface area contributed by atoms with Crippen molar-refractivity contribution in [1.29, 1.82) is 0 Å². The summed E-state index contributed by atoms with van der Waals surface area (Å²) in [4.78, 5) is 14.8. The Morgan fingerprint density at radius 3 is 2.24 bits per heavy atom. The lowest BCUT2D eigenvalue weighted by atomic mass is 10.00. The molecule has 0 spiro atoms. The lowest BCUT2D eigenvalue weighted by molar-refractivity contribution is -0.119. The SMILES string of the molecule is CC(=O)NCC(O)C(O)c1ccc(-c2ccncc2)cc1. The number of hydrogen-bond acceptors (Lipinski definition) is 4. The highest BCUT2D eigenvalue weighted by atomic mass is 16.3. The van der Waals surface area contributed by atoms with E-state index in [2.05, 4.69) is 10.3 Å². The summed E-state index contributed by atoms with van der Waals surface area (Å²) >= 11 is 0. The summed E-state index contributed by atoms with van der Waals surface area (Å²) in [5, 5.41) is 22.4. The predicted molar refractivity (Wildman–Crippen MR) is 79.3 cm³/mol. The fourth-order valence-electron chi connectivity index (χ4n) is 2.00. The molecule has 2 unspecified atom stereocenters. The van der Waals surface area contributed by atoms with Crippen molar-refractivity contribution in [1.82, 2.24) is 10.3 Å². The highest BCUT2D eigenvalue weighted by Crippen LogP contribution is 2.22. The minimum absolute atomic E-state index is 0.0165. The van der Waals surface area contributed by atoms with Crippen molar-refractivity contribution in [2.24, 2.45) is 0 Å². The molecule has 0 radical (unpaired) electrons. The van der Waals surface area contributed by atoms with Gasteiger partial charge in [-0.25, -0.2) is 0 Å². The number of nitrogens with one attached hydrogen (secondary N) is 1. The molecule has 1 amide bonds. The van der Waals surface area contributed by atoms with Crippen molar-refractivity contribution >= 4 is 5.91 Å². The molecule has 5 nitrogen and oxygen atoms in total. The maximum Gasteiger partial charge on any atom is 0.216 e. The molecule has 0 saturated carbocycles. The van der Waals surface area contributed by atoms with Gasteiger partial charge >= 0.3 is 0 Å². The summed E-state index contributed by atoms with van der Waals surface area (Å²) < 4.78 is 0. The maximum atomic E-state index is 10.8. The molecule has 1 heterocycles. The quantitative estimate of drug-likeness (QED) is 0.773. The molecule has 2 aromatic rings. The van der Waals surface area contributed by atoms with Crippen LogP contribution in [0.1, 0.15) is 18.6 Å². The molecule has 3 N–H and O–H groups in total. The highest BCUT2D eigenvalue weighted by molar-refractivity contribution is 5.72. The van der Waals surface area contributed by atoms with E-state index in [1.165, 1.54) is 6.92 Å². The van der Waals surface area contributed by atoms with Crippen LogP contribution in [0.5, 0.6) is 0 Å². The standard InChI is InChI=1S/C16H18N2O3/c1-11(19)18-10-15(20)16(21)14-4-2-12(3-5-14)13-6-8-17-9-7-13/h2-9,15-16,20-21H,10H2,1H3,(H,18,19). The zero-order chi connectivity index (χ0) is 15.2. The number of pyridine rings is 1. The van der Waals surface area contributed by atoms with Crippen molar-refractivity contribution < 1.29 is 15.0 Å². The van der Waals surface area contributed by atoms with Gasteiger partial charge in [-0.3, -0.25) is 9.78 Å². The highest BCUT2D eigenvalue weighted by Gasteiger charge is 2.18. The van der Waals surface area contributed by atoms with Gasteiger partial charge < -0.3 is 15.5 Å². The minimum atomic E-state index is -1.04. The van der Waals surface area contributed by atoms with Crippen LogP contribution in [-0.2, 0) is 4.79 Å². The molecule has 0 saturated heterocycles. The van der Waals surface area contributed by atoms with Gasteiger partial charge in [0.05, 0.1) is 0 Å². The van der Waals surface area contributed by atoms with E-state index in [-0.39, 0.29) is 12.5 Å². The van der Waals surface area contributed by atoms with Crippen LogP contribution >= 0.6 is 0 Å². The van der Waals surface area contributed by atoms with E-state index >= 15 is 0 Å². The number of nitrogens with zero attached hydrogens (tertiary/aromatic N) is 1. The van der Waals surface area contributed by atoms with Crippen LogP contribution < -0.4 is 5.32 Å². The van der Waals surface area contributed by atoms with Gasteiger partial charge in [0, 0.05) is 25.9 Å². The first-order valence-electron chi connectivity index (χ1n) is 6.69. The van der Waals surface area contributed by atoms with Gasteiger partial charge in [-0.2, -0.15) is 0 Å². The van der Waals surface area contributed by atoms with E-state index < -0.39 is 12.2 Å². The molecule has 0 aliphatic carbocycles. The van der Waals surface area contributed by atoms with Crippen LogP contribution in [0.25, 0.3) is 11.1 Å². The third-order valence-corrected chi connectivity index (χ3v) is 3.19. The molecule has 2 atom stereocenters. The molecule has 110 valence electrons. The number of aromatic nitrogens is 1. The Morgan fingerprint density at radius 2 is 1.67 bits per heavy atom. The Hall–Kier alpha value is -2.24. The Bertz CT molecular complexity index is 584. The number of aliphatic hydroxyl groups is 2. The molecule has 21 heavy (non-hydrogen) atoms. The van der Waals surface area contributed by atoms with E-state index in [9.17, 15) is 15.0 Å². The average molecular weight is 286 g/mol. The molecule has 1 aromatic carbocycles. The normalized spacial score (nSPS) is 13.5. The molecular weight excluding hydrogens is 268 g/mol. The average Bonchev–Trinajstić information content (AvgIpc) is 2.53. The third kappa shape index (κ3) is 4.11. The zero-order valence-electron chi connectivity index (χ0n) is 11.7. The van der Waals surface area contributed by atoms with Gasteiger partial charge in [-0.05, 0) is 28.8 Å². The summed E-state index contributed by atoms with van der Waals surface area (Å²) in [6.07, 6.45) is 1.36. The van der Waals surface area contributed by atoms with E-state index in [4.69, 9.17) is 0 Å². The summed E-state index contributed by atoms with van der Waals surface area (Å²) in [5.41, 5.74) is 2.64. The van der Waals surface area contributed by atoms with E-state index in [1.54, 1.807) is 24.5 Å². The Morgan fingerprint density at radius 1 is 1.10 bits per heavy atom. The Balaban J connectivity index is 2.06. The van der Waals surface area contributed by atoms with Gasteiger partial charge in [0.1, 0.15) is 12.2 Å². The predicted octanol–water partition coefficient (Wildman–Crippen LogP) is 1.28. The first-order chi connectivity index (χ1) is 10.1. The summed E-state index contributed by atoms with van der Waals surface area (Å²) in [5.74, 6) is -0.241. The van der Waals surface area contributed by atoms with Crippen molar-refractivity contribution in [3.8, 4) is 11.1 Å². The first-order valence-corrected chi connectivity index (χ1v) is 6.69. The molecule has 0 fully saturated rings. The second-order valence-corrected chi connectivity index (χ2v) is 4.81. The van der Waals surface area contributed by atoms with Gasteiger partial charge in [0.25, 0.3) is 0 Å². The summed E-state index contributed by atoms with van der Waals surface area (Å²) in [7, 11) is 0. The van der Waals surface area contributed by atoms with E-state index in [0.717, 1.165) is 11.1 Å². The summed E-state index contributed by atoms with van der Waals surface area (Å²) in [6, 6.07) is 11.1. The number of benzene rings is 1. The van der Waals surface area contributed by atoms with Crippen molar-refractivity contribution in [2.45, 2.75) is 19.1 Å². The minimum Gasteiger partial charge on any atom is -0.388 e. The molecule has 1 aromatic heterocycles. The third-order valence-electron chi connectivity index (χ3n) is 3.19. The topological polar surface area (TPSA) is 82.5 Å². The fraction of sp³-hybridized carbons (Fsp3) is 0.250. The first kappa shape index (κ1) is 15.2. The molecule has 5 heteroatoms. The largest absolute Gasteiger partial charge is 0.388 e. The maximum absolute atomic E-state index is 10.8. The lowest BCUT2D eigenvalue weighted by Crippen LogP contribution is -2.34. The molecule has 0 aliphatic heterocycles. The Kier molecular flexibility index (Phi) is 5.03. The number of carbonyl (C=O) groups is 1. The van der Waals surface area contributed by atoms with Crippen molar-refractivity contribution in [2.75, 3.05) is 6.54 Å². The zero-order valence-corrected chi connectivity index (χ0v) is 11.7. The second-order valence-electron chi connectivity index (χ2n) is 4.81. The van der Waals surface area contributed by atoms with Crippen LogP contribution in [-0.4, -0.2) is 33.8 Å². The van der Waals surface area contributed by atoms with E-state index in [1.807, 2.05) is 24.3 Å². The van der Waals surface area contributed by atoms with Crippen LogP contribution in [0.2, 0.25) is 0 Å². The van der Waals surface area contributed by atoms with Crippen LogP contribution in [0.15, 0.2) is 48.8 Å². The van der Waals surface area contributed by atoms with Crippen molar-refractivity contribution in [3.63, 3.8) is 0 Å². The number of amides is 1. The van der Waals surface area contributed by atoms with Crippen molar-refractivity contribution in [3.05, 3.63) is 54.4 Å².